The van der Waals surface area contributed by atoms with E-state index < -0.39 is 0 Å². The van der Waals surface area contributed by atoms with Crippen molar-refractivity contribution in [2.24, 2.45) is 5.92 Å². The number of anilines is 1. The van der Waals surface area contributed by atoms with Crippen LogP contribution in [0.1, 0.15) is 49.7 Å². The third-order valence-corrected chi connectivity index (χ3v) is 5.12. The molecule has 3 unspecified atom stereocenters. The maximum Gasteiger partial charge on any atom is 0.241 e. The van der Waals surface area contributed by atoms with Crippen LogP contribution in [-0.4, -0.2) is 18.0 Å². The zero-order chi connectivity index (χ0) is 14.8. The fraction of sp³-hybridized carbons (Fsp3) is 0.611. The maximum absolute atomic E-state index is 12.5. The topological polar surface area (TPSA) is 41.1 Å². The van der Waals surface area contributed by atoms with Crippen LogP contribution in [-0.2, 0) is 4.79 Å². The summed E-state index contributed by atoms with van der Waals surface area (Å²) in [6.45, 7) is 4.10. The number of rotatable bonds is 2. The second-order valence-electron chi connectivity index (χ2n) is 6.76. The second-order valence-corrected chi connectivity index (χ2v) is 6.76. The van der Waals surface area contributed by atoms with Gasteiger partial charge in [-0.2, -0.15) is 0 Å². The van der Waals surface area contributed by atoms with Crippen LogP contribution in [0.15, 0.2) is 18.2 Å². The molecule has 0 bridgehead atoms. The number of amides is 1. The third kappa shape index (κ3) is 3.29. The number of hydrogen-bond donors (Lipinski definition) is 2. The Hall–Kier alpha value is -1.35. The summed E-state index contributed by atoms with van der Waals surface area (Å²) in [4.78, 5) is 12.5. The number of benzene rings is 1. The van der Waals surface area contributed by atoms with Crippen molar-refractivity contribution in [3.8, 4) is 0 Å². The molecule has 1 amide bonds. The summed E-state index contributed by atoms with van der Waals surface area (Å²) in [6, 6.07) is 6.73. The van der Waals surface area contributed by atoms with Gasteiger partial charge in [0.05, 0.1) is 6.04 Å². The van der Waals surface area contributed by atoms with E-state index in [1.54, 1.807) is 0 Å². The Morgan fingerprint density at radius 2 is 1.95 bits per heavy atom. The molecule has 2 N–H and O–H groups in total. The van der Waals surface area contributed by atoms with Gasteiger partial charge in [0.1, 0.15) is 0 Å². The average molecular weight is 286 g/mol. The first kappa shape index (κ1) is 14.6. The van der Waals surface area contributed by atoms with Gasteiger partial charge in [0, 0.05) is 11.7 Å². The molecule has 0 aromatic heterocycles. The molecule has 0 radical (unpaired) electrons. The molecule has 1 aromatic carbocycles. The van der Waals surface area contributed by atoms with E-state index in [1.165, 1.54) is 37.7 Å². The minimum absolute atomic E-state index is 0.0238. The van der Waals surface area contributed by atoms with Crippen molar-refractivity contribution in [3.63, 3.8) is 0 Å². The quantitative estimate of drug-likeness (QED) is 0.873. The number of piperidine rings is 1. The second kappa shape index (κ2) is 6.18. The Morgan fingerprint density at radius 1 is 1.14 bits per heavy atom. The van der Waals surface area contributed by atoms with Crippen molar-refractivity contribution in [2.45, 2.75) is 64.5 Å². The lowest BCUT2D eigenvalue weighted by atomic mass is 9.77. The monoisotopic (exact) mass is 286 g/mol. The summed E-state index contributed by atoms with van der Waals surface area (Å²) < 4.78 is 0. The van der Waals surface area contributed by atoms with Gasteiger partial charge in [0.25, 0.3) is 0 Å². The molecule has 0 spiro atoms. The van der Waals surface area contributed by atoms with E-state index in [1.807, 2.05) is 6.92 Å². The van der Waals surface area contributed by atoms with E-state index >= 15 is 0 Å². The molecule has 3 atom stereocenters. The first-order valence-electron chi connectivity index (χ1n) is 8.27. The van der Waals surface area contributed by atoms with Gasteiger partial charge in [-0.05, 0) is 62.6 Å². The largest absolute Gasteiger partial charge is 0.324 e. The van der Waals surface area contributed by atoms with Crippen LogP contribution >= 0.6 is 0 Å². The van der Waals surface area contributed by atoms with Crippen molar-refractivity contribution >= 4 is 11.6 Å². The molecule has 1 heterocycles. The van der Waals surface area contributed by atoms with E-state index in [0.29, 0.717) is 6.04 Å². The van der Waals surface area contributed by atoms with Gasteiger partial charge in [0.15, 0.2) is 0 Å². The predicted octanol–water partition coefficient (Wildman–Crippen LogP) is 3.55. The van der Waals surface area contributed by atoms with Gasteiger partial charge in [-0.15, -0.1) is 0 Å². The third-order valence-electron chi connectivity index (χ3n) is 5.12. The molecular weight excluding hydrogens is 260 g/mol. The minimum atomic E-state index is -0.0238. The molecule has 2 aliphatic rings. The number of nitrogens with one attached hydrogen (secondary N) is 2. The highest BCUT2D eigenvalue weighted by Gasteiger charge is 2.34. The van der Waals surface area contributed by atoms with E-state index in [-0.39, 0.29) is 11.9 Å². The summed E-state index contributed by atoms with van der Waals surface area (Å²) in [7, 11) is 0. The van der Waals surface area contributed by atoms with Crippen molar-refractivity contribution in [2.75, 3.05) is 5.32 Å². The van der Waals surface area contributed by atoms with Crippen LogP contribution in [0, 0.1) is 19.8 Å². The molecule has 3 nitrogen and oxygen atoms in total. The molecular formula is C18H26N2O. The van der Waals surface area contributed by atoms with Crippen LogP contribution in [0.5, 0.6) is 0 Å². The molecule has 1 saturated carbocycles. The summed E-state index contributed by atoms with van der Waals surface area (Å²) in [5.41, 5.74) is 3.26. The van der Waals surface area contributed by atoms with Crippen LogP contribution < -0.4 is 10.6 Å². The Kier molecular flexibility index (Phi) is 4.29. The van der Waals surface area contributed by atoms with Gasteiger partial charge in [-0.25, -0.2) is 0 Å². The first-order chi connectivity index (χ1) is 10.1. The fourth-order valence-corrected chi connectivity index (χ4v) is 3.79. The molecule has 3 heteroatoms. The number of carbonyl (C=O) groups is 1. The minimum Gasteiger partial charge on any atom is -0.324 e. The number of fused-ring (bicyclic) bond motifs is 1. The lowest BCUT2D eigenvalue weighted by Gasteiger charge is -2.39. The summed E-state index contributed by atoms with van der Waals surface area (Å²) in [6.07, 6.45) is 7.41. The zero-order valence-corrected chi connectivity index (χ0v) is 13.1. The smallest absolute Gasteiger partial charge is 0.241 e. The van der Waals surface area contributed by atoms with Crippen LogP contribution in [0.4, 0.5) is 5.69 Å². The number of aryl methyl sites for hydroxylation is 2. The molecule has 1 aliphatic heterocycles. The van der Waals surface area contributed by atoms with Crippen LogP contribution in [0.25, 0.3) is 0 Å². The highest BCUT2D eigenvalue weighted by atomic mass is 16.2. The number of carbonyl (C=O) groups excluding carboxylic acids is 1. The van der Waals surface area contributed by atoms with Crippen LogP contribution in [0.2, 0.25) is 0 Å². The predicted molar refractivity (Wildman–Crippen MR) is 86.4 cm³/mol. The van der Waals surface area contributed by atoms with Crippen LogP contribution in [0.3, 0.4) is 0 Å². The lowest BCUT2D eigenvalue weighted by Crippen LogP contribution is -2.53. The van der Waals surface area contributed by atoms with Crippen molar-refractivity contribution in [3.05, 3.63) is 29.3 Å². The lowest BCUT2D eigenvalue weighted by molar-refractivity contribution is -0.119. The highest BCUT2D eigenvalue weighted by molar-refractivity contribution is 5.95. The molecule has 1 aliphatic carbocycles. The SMILES string of the molecule is Cc1ccc(C)c(NC(=O)C2CCC3CCCCC3N2)c1. The van der Waals surface area contributed by atoms with Gasteiger partial charge in [0.2, 0.25) is 5.91 Å². The molecule has 3 rings (SSSR count). The molecule has 2 fully saturated rings. The normalized spacial score (nSPS) is 28.8. The van der Waals surface area contributed by atoms with Crippen molar-refractivity contribution < 1.29 is 4.79 Å². The first-order valence-corrected chi connectivity index (χ1v) is 8.27. The average Bonchev–Trinajstić information content (AvgIpc) is 2.50. The molecule has 1 saturated heterocycles. The summed E-state index contributed by atoms with van der Waals surface area (Å²) in [5.74, 6) is 0.927. The van der Waals surface area contributed by atoms with E-state index in [9.17, 15) is 4.79 Å². The zero-order valence-electron chi connectivity index (χ0n) is 13.1. The Morgan fingerprint density at radius 3 is 2.81 bits per heavy atom. The van der Waals surface area contributed by atoms with E-state index in [2.05, 4.69) is 35.8 Å². The van der Waals surface area contributed by atoms with Gasteiger partial charge < -0.3 is 10.6 Å². The molecule has 21 heavy (non-hydrogen) atoms. The standard InChI is InChI=1S/C18H26N2O/c1-12-7-8-13(2)17(11-12)20-18(21)16-10-9-14-5-3-4-6-15(14)19-16/h7-8,11,14-16,19H,3-6,9-10H2,1-2H3,(H,20,21). The van der Waals surface area contributed by atoms with E-state index in [4.69, 9.17) is 0 Å². The van der Waals surface area contributed by atoms with Gasteiger partial charge in [-0.3, -0.25) is 4.79 Å². The van der Waals surface area contributed by atoms with Gasteiger partial charge in [-0.1, -0.05) is 25.0 Å². The highest BCUT2D eigenvalue weighted by Crippen LogP contribution is 2.32. The molecule has 1 aromatic rings. The molecule has 114 valence electrons. The van der Waals surface area contributed by atoms with Gasteiger partial charge >= 0.3 is 0 Å². The Balaban J connectivity index is 1.64. The van der Waals surface area contributed by atoms with Crippen molar-refractivity contribution in [1.82, 2.24) is 5.32 Å². The summed E-state index contributed by atoms with van der Waals surface area (Å²) >= 11 is 0. The fourth-order valence-electron chi connectivity index (χ4n) is 3.79. The summed E-state index contributed by atoms with van der Waals surface area (Å²) in [5, 5.41) is 6.71. The Bertz CT molecular complexity index is 526. The van der Waals surface area contributed by atoms with E-state index in [0.717, 1.165) is 23.6 Å². The number of hydrogen-bond acceptors (Lipinski definition) is 2. The van der Waals surface area contributed by atoms with Crippen molar-refractivity contribution in [1.29, 1.82) is 0 Å². The maximum atomic E-state index is 12.5. The Labute approximate surface area is 127 Å².